The van der Waals surface area contributed by atoms with Gasteiger partial charge >= 0.3 is 0 Å². The number of benzene rings is 3. The van der Waals surface area contributed by atoms with E-state index in [1.54, 1.807) is 55.6 Å². The molecule has 166 valence electrons. The van der Waals surface area contributed by atoms with E-state index in [1.807, 2.05) is 25.1 Å². The molecule has 0 aliphatic rings. The molecule has 0 bridgehead atoms. The van der Waals surface area contributed by atoms with Crippen molar-refractivity contribution in [2.75, 3.05) is 17.7 Å². The minimum absolute atomic E-state index is 0.137. The van der Waals surface area contributed by atoms with Crippen LogP contribution in [0.15, 0.2) is 71.6 Å². The molecule has 1 atom stereocenters. The van der Waals surface area contributed by atoms with Gasteiger partial charge < -0.3 is 15.4 Å². The summed E-state index contributed by atoms with van der Waals surface area (Å²) in [5, 5.41) is 6.25. The van der Waals surface area contributed by atoms with E-state index in [9.17, 15) is 9.59 Å². The summed E-state index contributed by atoms with van der Waals surface area (Å²) < 4.78 is 5.17. The highest BCUT2D eigenvalue weighted by Gasteiger charge is 2.19. The molecule has 3 aromatic carbocycles. The molecule has 0 fully saturated rings. The summed E-state index contributed by atoms with van der Waals surface area (Å²) in [4.78, 5) is 26.2. The SMILES string of the molecule is CCC(Sc1cccc(NC(=O)c2cccc(OC)c2)c1)C(=O)Nc1ccc(Cl)c(Cl)c1. The van der Waals surface area contributed by atoms with Gasteiger partial charge in [0.2, 0.25) is 5.91 Å². The number of anilines is 2. The molecule has 0 saturated carbocycles. The minimum atomic E-state index is -0.325. The van der Waals surface area contributed by atoms with Gasteiger partial charge in [0.05, 0.1) is 22.4 Å². The highest BCUT2D eigenvalue weighted by molar-refractivity contribution is 8.00. The van der Waals surface area contributed by atoms with Gasteiger partial charge in [0.15, 0.2) is 0 Å². The number of amides is 2. The molecule has 8 heteroatoms. The Bertz CT molecular complexity index is 1120. The fourth-order valence-electron chi connectivity index (χ4n) is 2.90. The highest BCUT2D eigenvalue weighted by atomic mass is 35.5. The van der Waals surface area contributed by atoms with Crippen LogP contribution in [0.2, 0.25) is 10.0 Å². The number of hydrogen-bond donors (Lipinski definition) is 2. The molecule has 3 aromatic rings. The lowest BCUT2D eigenvalue weighted by atomic mass is 10.2. The average Bonchev–Trinajstić information content (AvgIpc) is 2.80. The number of hydrogen-bond acceptors (Lipinski definition) is 4. The summed E-state index contributed by atoms with van der Waals surface area (Å²) in [7, 11) is 1.56. The normalized spacial score (nSPS) is 11.5. The summed E-state index contributed by atoms with van der Waals surface area (Å²) in [6, 6.07) is 19.3. The number of rotatable bonds is 8. The van der Waals surface area contributed by atoms with E-state index in [-0.39, 0.29) is 17.1 Å². The summed E-state index contributed by atoms with van der Waals surface area (Å²) >= 11 is 13.4. The Morgan fingerprint density at radius 1 is 0.938 bits per heavy atom. The molecule has 0 radical (unpaired) electrons. The molecular formula is C24H22Cl2N2O3S. The number of methoxy groups -OCH3 is 1. The predicted molar refractivity (Wildman–Crippen MR) is 132 cm³/mol. The zero-order chi connectivity index (χ0) is 23.1. The van der Waals surface area contributed by atoms with Crippen molar-refractivity contribution in [3.05, 3.63) is 82.3 Å². The Balaban J connectivity index is 1.67. The molecule has 5 nitrogen and oxygen atoms in total. The van der Waals surface area contributed by atoms with Gasteiger partial charge in [0.25, 0.3) is 5.91 Å². The molecular weight excluding hydrogens is 467 g/mol. The third-order valence-electron chi connectivity index (χ3n) is 4.55. The first-order chi connectivity index (χ1) is 15.4. The molecule has 32 heavy (non-hydrogen) atoms. The minimum Gasteiger partial charge on any atom is -0.497 e. The van der Waals surface area contributed by atoms with Gasteiger partial charge in [-0.2, -0.15) is 0 Å². The van der Waals surface area contributed by atoms with Crippen molar-refractivity contribution in [3.63, 3.8) is 0 Å². The molecule has 3 rings (SSSR count). The van der Waals surface area contributed by atoms with Crippen LogP contribution in [0, 0.1) is 0 Å². The fraction of sp³-hybridized carbons (Fsp3) is 0.167. The number of carbonyl (C=O) groups is 2. The molecule has 0 aliphatic carbocycles. The van der Waals surface area contributed by atoms with E-state index in [0.717, 1.165) is 4.90 Å². The predicted octanol–water partition coefficient (Wildman–Crippen LogP) is 6.76. The van der Waals surface area contributed by atoms with Crippen LogP contribution in [0.4, 0.5) is 11.4 Å². The highest BCUT2D eigenvalue weighted by Crippen LogP contribution is 2.30. The number of carbonyl (C=O) groups excluding carboxylic acids is 2. The van der Waals surface area contributed by atoms with E-state index < -0.39 is 0 Å². The quantitative estimate of drug-likeness (QED) is 0.343. The van der Waals surface area contributed by atoms with Crippen LogP contribution in [0.3, 0.4) is 0 Å². The van der Waals surface area contributed by atoms with Crippen LogP contribution in [-0.2, 0) is 4.79 Å². The van der Waals surface area contributed by atoms with E-state index >= 15 is 0 Å². The smallest absolute Gasteiger partial charge is 0.255 e. The van der Waals surface area contributed by atoms with E-state index in [4.69, 9.17) is 27.9 Å². The summed E-state index contributed by atoms with van der Waals surface area (Å²) in [6.45, 7) is 1.94. The fourth-order valence-corrected chi connectivity index (χ4v) is 4.21. The van der Waals surface area contributed by atoms with E-state index in [2.05, 4.69) is 10.6 Å². The van der Waals surface area contributed by atoms with Crippen molar-refractivity contribution in [1.82, 2.24) is 0 Å². The number of thioether (sulfide) groups is 1. The molecule has 0 aliphatic heterocycles. The first kappa shape index (κ1) is 24.0. The lowest BCUT2D eigenvalue weighted by Gasteiger charge is -2.16. The summed E-state index contributed by atoms with van der Waals surface area (Å²) in [6.07, 6.45) is 0.623. The maximum atomic E-state index is 12.8. The number of ether oxygens (including phenoxy) is 1. The maximum absolute atomic E-state index is 12.8. The molecule has 0 spiro atoms. The molecule has 2 N–H and O–H groups in total. The zero-order valence-corrected chi connectivity index (χ0v) is 19.9. The third-order valence-corrected chi connectivity index (χ3v) is 6.65. The third kappa shape index (κ3) is 6.42. The standard InChI is InChI=1S/C24H22Cl2N2O3S/c1-3-22(24(30)28-17-10-11-20(25)21(26)14-17)32-19-9-5-7-16(13-19)27-23(29)15-6-4-8-18(12-15)31-2/h4-14,22H,3H2,1-2H3,(H,27,29)(H,28,30). The monoisotopic (exact) mass is 488 g/mol. The van der Waals surface area contributed by atoms with Gasteiger partial charge in [-0.05, 0) is 61.0 Å². The Morgan fingerprint density at radius 2 is 1.69 bits per heavy atom. The van der Waals surface area contributed by atoms with Crippen molar-refractivity contribution in [2.24, 2.45) is 0 Å². The van der Waals surface area contributed by atoms with Gasteiger partial charge in [-0.25, -0.2) is 0 Å². The second-order valence-corrected chi connectivity index (χ2v) is 8.94. The first-order valence-corrected chi connectivity index (χ1v) is 11.5. The number of nitrogens with one attached hydrogen (secondary N) is 2. The van der Waals surface area contributed by atoms with Crippen LogP contribution in [-0.4, -0.2) is 24.2 Å². The van der Waals surface area contributed by atoms with Crippen LogP contribution in [0.1, 0.15) is 23.7 Å². The Labute approximate surface area is 201 Å². The molecule has 0 heterocycles. The van der Waals surface area contributed by atoms with Crippen LogP contribution >= 0.6 is 35.0 Å². The van der Waals surface area contributed by atoms with Crippen LogP contribution in [0.5, 0.6) is 5.75 Å². The topological polar surface area (TPSA) is 67.4 Å². The maximum Gasteiger partial charge on any atom is 0.255 e. The van der Waals surface area contributed by atoms with Crippen molar-refractivity contribution < 1.29 is 14.3 Å². The van der Waals surface area contributed by atoms with Crippen LogP contribution in [0.25, 0.3) is 0 Å². The van der Waals surface area contributed by atoms with E-state index in [1.165, 1.54) is 11.8 Å². The van der Waals surface area contributed by atoms with Crippen molar-refractivity contribution in [1.29, 1.82) is 0 Å². The van der Waals surface area contributed by atoms with Crippen molar-refractivity contribution in [2.45, 2.75) is 23.5 Å². The summed E-state index contributed by atoms with van der Waals surface area (Å²) in [5.74, 6) is 0.234. The lowest BCUT2D eigenvalue weighted by molar-refractivity contribution is -0.115. The Morgan fingerprint density at radius 3 is 2.41 bits per heavy atom. The Hall–Kier alpha value is -2.67. The largest absolute Gasteiger partial charge is 0.497 e. The molecule has 2 amide bonds. The van der Waals surface area contributed by atoms with Crippen molar-refractivity contribution in [3.8, 4) is 5.75 Å². The molecule has 1 unspecified atom stereocenters. The van der Waals surface area contributed by atoms with Gasteiger partial charge in [0.1, 0.15) is 5.75 Å². The second kappa shape index (κ2) is 11.3. The number of halogens is 2. The lowest BCUT2D eigenvalue weighted by Crippen LogP contribution is -2.24. The molecule has 0 saturated heterocycles. The Kier molecular flexibility index (Phi) is 8.45. The summed E-state index contributed by atoms with van der Waals surface area (Å²) in [5.41, 5.74) is 1.72. The van der Waals surface area contributed by atoms with Crippen molar-refractivity contribution >= 4 is 58.2 Å². The van der Waals surface area contributed by atoms with Crippen LogP contribution < -0.4 is 15.4 Å². The van der Waals surface area contributed by atoms with E-state index in [0.29, 0.717) is 39.2 Å². The van der Waals surface area contributed by atoms with Gasteiger partial charge in [-0.3, -0.25) is 9.59 Å². The first-order valence-electron chi connectivity index (χ1n) is 9.87. The molecule has 0 aromatic heterocycles. The average molecular weight is 489 g/mol. The van der Waals surface area contributed by atoms with Gasteiger partial charge in [-0.1, -0.05) is 42.3 Å². The second-order valence-electron chi connectivity index (χ2n) is 6.85. The van der Waals surface area contributed by atoms with Gasteiger partial charge in [0, 0.05) is 21.8 Å². The van der Waals surface area contributed by atoms with Gasteiger partial charge in [-0.15, -0.1) is 11.8 Å². The zero-order valence-electron chi connectivity index (χ0n) is 17.5.